The van der Waals surface area contributed by atoms with E-state index in [1.54, 1.807) is 26.7 Å². The third-order valence-corrected chi connectivity index (χ3v) is 6.16. The van der Waals surface area contributed by atoms with Crippen LogP contribution in [-0.4, -0.2) is 64.0 Å². The normalized spacial score (nSPS) is 13.4. The summed E-state index contributed by atoms with van der Waals surface area (Å²) in [7, 11) is -4.99. The van der Waals surface area contributed by atoms with Crippen molar-refractivity contribution in [3.05, 3.63) is 0 Å². The van der Waals surface area contributed by atoms with Crippen molar-refractivity contribution in [1.82, 2.24) is 0 Å². The van der Waals surface area contributed by atoms with Gasteiger partial charge in [0.15, 0.2) is 14.7 Å². The van der Waals surface area contributed by atoms with Gasteiger partial charge in [-0.05, 0) is 25.7 Å². The highest BCUT2D eigenvalue weighted by molar-refractivity contribution is 7.57. The number of hydrogen-bond donors (Lipinski definition) is 0. The molecule has 0 aliphatic rings. The summed E-state index contributed by atoms with van der Waals surface area (Å²) in [6.07, 6.45) is 7.71. The lowest BCUT2D eigenvalue weighted by molar-refractivity contribution is -0.151. The van der Waals surface area contributed by atoms with E-state index in [9.17, 15) is 18.7 Å². The molecule has 0 amide bonds. The number of carbonyl (C=O) groups excluding carboxylic acids is 2. The Balaban J connectivity index is 0. The van der Waals surface area contributed by atoms with Gasteiger partial charge in [0, 0.05) is 39.5 Å². The topological polar surface area (TPSA) is 105 Å². The van der Waals surface area contributed by atoms with Crippen LogP contribution in [0.15, 0.2) is 0 Å². The Kier molecular flexibility index (Phi) is 21.4. The maximum Gasteiger partial charge on any atom is 0.306 e. The molecule has 0 aliphatic heterocycles. The van der Waals surface area contributed by atoms with Gasteiger partial charge in [-0.3, -0.25) is 18.7 Å². The SMILES string of the molecule is CCCCCC(=O)OC(CC)COP(C)(C)=O.CCCCCC(=O)O[C@H](CC)COP(C)(C)=O. The average molecular weight is 529 g/mol. The van der Waals surface area contributed by atoms with Crippen LogP contribution < -0.4 is 0 Å². The molecule has 0 rings (SSSR count). The summed E-state index contributed by atoms with van der Waals surface area (Å²) in [5.41, 5.74) is 0. The molecular formula is C24H50O8P2. The Labute approximate surface area is 208 Å². The van der Waals surface area contributed by atoms with Crippen LogP contribution in [0.1, 0.15) is 91.9 Å². The predicted octanol–water partition coefficient (Wildman–Crippen LogP) is 6.89. The maximum atomic E-state index is 11.5. The lowest BCUT2D eigenvalue weighted by Crippen LogP contribution is -2.22. The fourth-order valence-corrected chi connectivity index (χ4v) is 3.57. The van der Waals surface area contributed by atoms with Gasteiger partial charge in [0.1, 0.15) is 12.2 Å². The van der Waals surface area contributed by atoms with E-state index in [0.29, 0.717) is 25.7 Å². The van der Waals surface area contributed by atoms with E-state index in [1.165, 1.54) is 0 Å². The van der Waals surface area contributed by atoms with Gasteiger partial charge in [-0.1, -0.05) is 53.4 Å². The van der Waals surface area contributed by atoms with E-state index in [4.69, 9.17) is 18.5 Å². The summed E-state index contributed by atoms with van der Waals surface area (Å²) >= 11 is 0. The molecule has 0 aromatic heterocycles. The average Bonchev–Trinajstić information content (AvgIpc) is 2.73. The molecule has 0 saturated heterocycles. The minimum atomic E-state index is -2.49. The second kappa shape index (κ2) is 20.5. The minimum Gasteiger partial charge on any atom is -0.460 e. The van der Waals surface area contributed by atoms with Crippen LogP contribution in [0.3, 0.4) is 0 Å². The van der Waals surface area contributed by atoms with Crippen molar-refractivity contribution >= 4 is 26.7 Å². The number of hydrogen-bond acceptors (Lipinski definition) is 8. The highest BCUT2D eigenvalue weighted by Gasteiger charge is 2.17. The Morgan fingerprint density at radius 2 is 0.941 bits per heavy atom. The zero-order chi connectivity index (χ0) is 26.6. The van der Waals surface area contributed by atoms with Crippen LogP contribution in [0.4, 0.5) is 0 Å². The van der Waals surface area contributed by atoms with Gasteiger partial charge in [-0.15, -0.1) is 0 Å². The molecule has 10 heteroatoms. The van der Waals surface area contributed by atoms with Gasteiger partial charge < -0.3 is 18.5 Å². The highest BCUT2D eigenvalue weighted by Crippen LogP contribution is 2.38. The van der Waals surface area contributed by atoms with Crippen molar-refractivity contribution in [3.8, 4) is 0 Å². The van der Waals surface area contributed by atoms with E-state index in [2.05, 4.69) is 13.8 Å². The standard InChI is InChI=1S/2C12H25O4P/c2*1-5-7-8-9-12(13)16-11(6-2)10-15-17(3,4)14/h2*11H,5-10H2,1-4H3/t11-;/m1./s1. The lowest BCUT2D eigenvalue weighted by atomic mass is 10.2. The number of rotatable bonds is 18. The first-order valence-electron chi connectivity index (χ1n) is 12.6. The first kappa shape index (κ1) is 35.5. The summed E-state index contributed by atoms with van der Waals surface area (Å²) in [6.45, 7) is 14.7. The van der Waals surface area contributed by atoms with Crippen LogP contribution in [0.2, 0.25) is 0 Å². The van der Waals surface area contributed by atoms with Crippen molar-refractivity contribution in [1.29, 1.82) is 0 Å². The molecule has 204 valence electrons. The lowest BCUT2D eigenvalue weighted by Gasteiger charge is -2.17. The van der Waals surface area contributed by atoms with E-state index in [-0.39, 0.29) is 37.4 Å². The number of unbranched alkanes of at least 4 members (excludes halogenated alkanes) is 4. The summed E-state index contributed by atoms with van der Waals surface area (Å²) in [6, 6.07) is 0. The molecule has 8 nitrogen and oxygen atoms in total. The monoisotopic (exact) mass is 528 g/mol. The zero-order valence-corrected chi connectivity index (χ0v) is 24.6. The fraction of sp³-hybridized carbons (Fsp3) is 0.917. The van der Waals surface area contributed by atoms with E-state index < -0.39 is 14.7 Å². The van der Waals surface area contributed by atoms with Crippen molar-refractivity contribution < 1.29 is 37.2 Å². The van der Waals surface area contributed by atoms with E-state index in [0.717, 1.165) is 38.5 Å². The van der Waals surface area contributed by atoms with E-state index >= 15 is 0 Å². The third-order valence-electron chi connectivity index (χ3n) is 4.62. The molecule has 0 bridgehead atoms. The summed E-state index contributed by atoms with van der Waals surface area (Å²) in [5, 5.41) is 0. The van der Waals surface area contributed by atoms with E-state index in [1.807, 2.05) is 13.8 Å². The second-order valence-corrected chi connectivity index (χ2v) is 14.6. The Bertz CT molecular complexity index is 572. The molecule has 0 aromatic rings. The largest absolute Gasteiger partial charge is 0.460 e. The Morgan fingerprint density at radius 3 is 1.18 bits per heavy atom. The first-order valence-corrected chi connectivity index (χ1v) is 17.6. The molecule has 0 heterocycles. The van der Waals surface area contributed by atoms with Crippen molar-refractivity contribution in [3.63, 3.8) is 0 Å². The van der Waals surface area contributed by atoms with Crippen molar-refractivity contribution in [2.24, 2.45) is 0 Å². The van der Waals surface area contributed by atoms with Crippen molar-refractivity contribution in [2.45, 2.75) is 104 Å². The molecular weight excluding hydrogens is 478 g/mol. The minimum absolute atomic E-state index is 0.184. The third kappa shape index (κ3) is 25.9. The second-order valence-electron chi connectivity index (χ2n) is 9.05. The summed E-state index contributed by atoms with van der Waals surface area (Å²) in [5.74, 6) is -0.369. The van der Waals surface area contributed by atoms with Crippen LogP contribution in [0.25, 0.3) is 0 Å². The molecule has 0 N–H and O–H groups in total. The van der Waals surface area contributed by atoms with Crippen LogP contribution in [-0.2, 0) is 37.2 Å². The maximum absolute atomic E-state index is 11.5. The summed E-state index contributed by atoms with van der Waals surface area (Å²) in [4.78, 5) is 22.9. The molecule has 2 atom stereocenters. The molecule has 0 aromatic carbocycles. The molecule has 1 unspecified atom stereocenters. The molecule has 0 radical (unpaired) electrons. The molecule has 0 fully saturated rings. The summed E-state index contributed by atoms with van der Waals surface area (Å²) < 4.78 is 43.6. The Hall–Kier alpha value is -0.680. The first-order chi connectivity index (χ1) is 15.8. The van der Waals surface area contributed by atoms with Gasteiger partial charge in [-0.25, -0.2) is 0 Å². The number of esters is 2. The van der Waals surface area contributed by atoms with Gasteiger partial charge in [0.2, 0.25) is 0 Å². The number of carbonyl (C=O) groups is 2. The van der Waals surface area contributed by atoms with Crippen LogP contribution in [0.5, 0.6) is 0 Å². The van der Waals surface area contributed by atoms with Crippen LogP contribution >= 0.6 is 14.7 Å². The molecule has 34 heavy (non-hydrogen) atoms. The fourth-order valence-electron chi connectivity index (χ4n) is 2.52. The van der Waals surface area contributed by atoms with Crippen molar-refractivity contribution in [2.75, 3.05) is 39.9 Å². The molecule has 0 saturated carbocycles. The molecule has 0 spiro atoms. The van der Waals surface area contributed by atoms with Gasteiger partial charge in [-0.2, -0.15) is 0 Å². The van der Waals surface area contributed by atoms with Gasteiger partial charge in [0.25, 0.3) is 0 Å². The van der Waals surface area contributed by atoms with Gasteiger partial charge >= 0.3 is 11.9 Å². The van der Waals surface area contributed by atoms with Gasteiger partial charge in [0.05, 0.1) is 13.2 Å². The smallest absolute Gasteiger partial charge is 0.306 e. The highest BCUT2D eigenvalue weighted by atomic mass is 31.2. The zero-order valence-electron chi connectivity index (χ0n) is 22.8. The Morgan fingerprint density at radius 1 is 0.618 bits per heavy atom. The quantitative estimate of drug-likeness (QED) is 0.108. The number of ether oxygens (including phenoxy) is 2. The van der Waals surface area contributed by atoms with Crippen LogP contribution in [0, 0.1) is 0 Å². The molecule has 0 aliphatic carbocycles. The predicted molar refractivity (Wildman–Crippen MR) is 139 cm³/mol.